The average molecular weight is 168 g/mol. The van der Waals surface area contributed by atoms with Gasteiger partial charge in [0.2, 0.25) is 0 Å². The van der Waals surface area contributed by atoms with Gasteiger partial charge in [0.15, 0.2) is 0 Å². The van der Waals surface area contributed by atoms with Crippen molar-refractivity contribution in [1.82, 2.24) is 0 Å². The minimum Gasteiger partial charge on any atom is -0.399 e. The number of hydrogen-bond donors (Lipinski definition) is 1. The maximum absolute atomic E-state index is 10.1. The normalized spacial score (nSPS) is 14.2. The molecule has 0 amide bonds. The van der Waals surface area contributed by atoms with Gasteiger partial charge in [0.25, 0.3) is 0 Å². The summed E-state index contributed by atoms with van der Waals surface area (Å²) >= 11 is 0. The Morgan fingerprint density at radius 2 is 2.50 bits per heavy atom. The van der Waals surface area contributed by atoms with E-state index in [1.54, 1.807) is 6.07 Å². The summed E-state index contributed by atoms with van der Waals surface area (Å²) in [5.74, 6) is 0. The fourth-order valence-corrected chi connectivity index (χ4v) is 0.373. The predicted octanol–water partition coefficient (Wildman–Crippen LogP) is 0.0461. The van der Waals surface area contributed by atoms with Crippen molar-refractivity contribution in [3.8, 4) is 6.07 Å². The molecule has 0 spiro atoms. The summed E-state index contributed by atoms with van der Waals surface area (Å²) in [6, 6.07) is 1.20. The van der Waals surface area contributed by atoms with Gasteiger partial charge in [-0.3, -0.25) is 15.1 Å². The third kappa shape index (κ3) is 3.31. The lowest BCUT2D eigenvalue weighted by Crippen LogP contribution is -2.04. The zero-order valence-corrected chi connectivity index (χ0v) is 6.47. The van der Waals surface area contributed by atoms with Gasteiger partial charge in [-0.1, -0.05) is 0 Å². The smallest absolute Gasteiger partial charge is 0.302 e. The lowest BCUT2D eigenvalue weighted by Gasteiger charge is -1.90. The van der Waals surface area contributed by atoms with Crippen LogP contribution in [0.3, 0.4) is 0 Å². The largest absolute Gasteiger partial charge is 0.399 e. The molecule has 64 valence electrons. The van der Waals surface area contributed by atoms with E-state index in [0.29, 0.717) is 0 Å². The van der Waals surface area contributed by atoms with Crippen molar-refractivity contribution in [1.29, 1.82) is 5.26 Å². The molecule has 0 fully saturated rings. The Morgan fingerprint density at radius 3 is 2.83 bits per heavy atom. The summed E-state index contributed by atoms with van der Waals surface area (Å²) in [7, 11) is 0. The van der Waals surface area contributed by atoms with Crippen LogP contribution in [0.25, 0.3) is 0 Å². The highest BCUT2D eigenvalue weighted by molar-refractivity contribution is 5.75. The predicted molar refractivity (Wildman–Crippen MR) is 42.8 cm³/mol. The first-order valence-corrected chi connectivity index (χ1v) is 3.11. The van der Waals surface area contributed by atoms with Crippen LogP contribution in [0.15, 0.2) is 16.9 Å². The maximum Gasteiger partial charge on any atom is 0.302 e. The highest BCUT2D eigenvalue weighted by Crippen LogP contribution is 1.91. The average Bonchev–Trinajstić information content (AvgIpc) is 2.04. The number of nitrogens with zero attached hydrogens (tertiary/aromatic N) is 3. The van der Waals surface area contributed by atoms with E-state index in [1.807, 2.05) is 0 Å². The maximum atomic E-state index is 10.1. The monoisotopic (exact) mass is 168 g/mol. The van der Waals surface area contributed by atoms with E-state index < -0.39 is 11.0 Å². The molecule has 2 N–H and O–H groups in total. The number of nitrogens with two attached hydrogens (primary N) is 1. The van der Waals surface area contributed by atoms with Gasteiger partial charge in [0, 0.05) is 0 Å². The number of hydrogen-bond acceptors (Lipinski definition) is 5. The molecule has 1 unspecified atom stereocenters. The molecular weight excluding hydrogens is 160 g/mol. The summed E-state index contributed by atoms with van der Waals surface area (Å²) in [6.45, 7) is 1.52. The molecule has 0 saturated carbocycles. The first-order valence-electron chi connectivity index (χ1n) is 3.11. The van der Waals surface area contributed by atoms with Crippen LogP contribution in [0.2, 0.25) is 0 Å². The van der Waals surface area contributed by atoms with Gasteiger partial charge in [-0.05, 0) is 6.92 Å². The fourth-order valence-electron chi connectivity index (χ4n) is 0.373. The molecule has 0 aromatic heterocycles. The van der Waals surface area contributed by atoms with E-state index in [-0.39, 0.29) is 5.70 Å². The highest BCUT2D eigenvalue weighted by Gasteiger charge is 2.05. The minimum absolute atomic E-state index is 0.322. The zero-order chi connectivity index (χ0) is 9.56. The van der Waals surface area contributed by atoms with Crippen molar-refractivity contribution in [2.45, 2.75) is 13.0 Å². The van der Waals surface area contributed by atoms with Gasteiger partial charge in [0.05, 0.1) is 17.2 Å². The molecule has 12 heavy (non-hydrogen) atoms. The molecule has 6 nitrogen and oxygen atoms in total. The molecule has 0 aromatic carbocycles. The van der Waals surface area contributed by atoms with E-state index in [2.05, 4.69) is 4.99 Å². The summed E-state index contributed by atoms with van der Waals surface area (Å²) < 4.78 is 0. The van der Waals surface area contributed by atoms with Crippen molar-refractivity contribution in [2.24, 2.45) is 10.7 Å². The molecule has 1 atom stereocenters. The molecule has 0 saturated heterocycles. The van der Waals surface area contributed by atoms with Gasteiger partial charge in [-0.2, -0.15) is 5.26 Å². The molecule has 0 heterocycles. The van der Waals surface area contributed by atoms with Crippen LogP contribution in [0.4, 0.5) is 0 Å². The van der Waals surface area contributed by atoms with Gasteiger partial charge in [-0.15, -0.1) is 0 Å². The molecule has 6 heteroatoms. The van der Waals surface area contributed by atoms with Crippen LogP contribution in [-0.4, -0.2) is 17.2 Å². The van der Waals surface area contributed by atoms with E-state index in [1.165, 1.54) is 6.92 Å². The van der Waals surface area contributed by atoms with Gasteiger partial charge in [-0.25, -0.2) is 0 Å². The molecule has 0 aliphatic carbocycles. The summed E-state index contributed by atoms with van der Waals surface area (Å²) in [4.78, 5) is 13.0. The molecular formula is C6H8N4O2. The Kier molecular flexibility index (Phi) is 4.08. The van der Waals surface area contributed by atoms with Crippen LogP contribution >= 0.6 is 0 Å². The van der Waals surface area contributed by atoms with Gasteiger partial charge in [0.1, 0.15) is 12.3 Å². The van der Waals surface area contributed by atoms with Crippen LogP contribution in [-0.2, 0) is 0 Å². The lowest BCUT2D eigenvalue weighted by molar-refractivity contribution is -0.414. The number of allylic oxidation sites excluding steroid dienone is 1. The third-order valence-corrected chi connectivity index (χ3v) is 0.999. The number of rotatable bonds is 3. The van der Waals surface area contributed by atoms with Crippen LogP contribution < -0.4 is 5.73 Å². The Morgan fingerprint density at radius 1 is 1.92 bits per heavy atom. The molecule has 0 radical (unpaired) electrons. The van der Waals surface area contributed by atoms with Crippen LogP contribution in [0.1, 0.15) is 6.92 Å². The number of nitro groups is 1. The zero-order valence-electron chi connectivity index (χ0n) is 6.47. The quantitative estimate of drug-likeness (QED) is 0.365. The van der Waals surface area contributed by atoms with Crippen LogP contribution in [0.5, 0.6) is 0 Å². The van der Waals surface area contributed by atoms with Crippen molar-refractivity contribution in [3.63, 3.8) is 0 Å². The Hall–Kier alpha value is -1.90. The minimum atomic E-state index is -0.673. The van der Waals surface area contributed by atoms with E-state index in [0.717, 1.165) is 12.4 Å². The van der Waals surface area contributed by atoms with E-state index in [9.17, 15) is 10.1 Å². The summed E-state index contributed by atoms with van der Waals surface area (Å²) in [6.07, 6.45) is 1.79. The highest BCUT2D eigenvalue weighted by atomic mass is 16.6. The second-order valence-electron chi connectivity index (χ2n) is 1.93. The molecule has 0 aliphatic rings. The topological polar surface area (TPSA) is 105 Å². The first-order chi connectivity index (χ1) is 5.61. The van der Waals surface area contributed by atoms with Crippen molar-refractivity contribution in [3.05, 3.63) is 22.0 Å². The molecule has 0 rings (SSSR count). The van der Waals surface area contributed by atoms with Crippen molar-refractivity contribution < 1.29 is 4.92 Å². The summed E-state index contributed by atoms with van der Waals surface area (Å²) in [5.41, 5.74) is 4.60. The first kappa shape index (κ1) is 10.1. The van der Waals surface area contributed by atoms with Crippen molar-refractivity contribution in [2.75, 3.05) is 0 Å². The number of nitriles is 1. The molecule has 0 aromatic rings. The number of aliphatic imine (C=N–C) groups is 1. The fraction of sp³-hybridized carbons (Fsp3) is 0.333. The SMILES string of the molecule is CC(C#N)N=C/C(=C\N)[N+](=O)[O-]. The molecule has 0 bridgehead atoms. The van der Waals surface area contributed by atoms with Crippen molar-refractivity contribution >= 4 is 6.21 Å². The standard InChI is InChI=1S/C6H8N4O2/c1-5(2-7)9-4-6(3-8)10(11)12/h3-5H,8H2,1H3/b6-3+,9-4?. The molecule has 0 aliphatic heterocycles. The lowest BCUT2D eigenvalue weighted by atomic mass is 10.4. The van der Waals surface area contributed by atoms with E-state index >= 15 is 0 Å². The Balaban J connectivity index is 4.34. The van der Waals surface area contributed by atoms with Gasteiger partial charge >= 0.3 is 5.70 Å². The van der Waals surface area contributed by atoms with Gasteiger partial charge < -0.3 is 5.73 Å². The second kappa shape index (κ2) is 4.85. The van der Waals surface area contributed by atoms with Crippen LogP contribution in [0, 0.1) is 21.4 Å². The second-order valence-corrected chi connectivity index (χ2v) is 1.93. The third-order valence-electron chi connectivity index (χ3n) is 0.999. The van der Waals surface area contributed by atoms with E-state index in [4.69, 9.17) is 11.0 Å². The Bertz CT molecular complexity index is 263. The summed E-state index contributed by atoms with van der Waals surface area (Å²) in [5, 5.41) is 18.4. The Labute approximate surface area is 69.2 Å².